The fourth-order valence-electron chi connectivity index (χ4n) is 12.4. The molecule has 1 aliphatic rings. The van der Waals surface area contributed by atoms with Crippen molar-refractivity contribution in [1.82, 2.24) is 39.6 Å². The van der Waals surface area contributed by atoms with E-state index in [0.717, 1.165) is 0 Å². The van der Waals surface area contributed by atoms with Gasteiger partial charge in [0.05, 0.1) is 18.2 Å². The van der Waals surface area contributed by atoms with Crippen LogP contribution in [0.25, 0.3) is 0 Å². The van der Waals surface area contributed by atoms with Gasteiger partial charge in [0, 0.05) is 86.3 Å². The summed E-state index contributed by atoms with van der Waals surface area (Å²) in [6.45, 7) is 43.3. The van der Waals surface area contributed by atoms with Crippen molar-refractivity contribution in [3.05, 3.63) is 12.2 Å². The Kier molecular flexibility index (Phi) is 34.3. The average Bonchev–Trinajstić information content (AvgIpc) is 0.803. The molecule has 13 atom stereocenters. The summed E-state index contributed by atoms with van der Waals surface area (Å²) in [4.78, 5) is 174. The third-order valence-electron chi connectivity index (χ3n) is 19.8. The summed E-state index contributed by atoms with van der Waals surface area (Å²) in [6, 6.07) is -8.97. The van der Waals surface area contributed by atoms with Crippen LogP contribution in [0.15, 0.2) is 12.2 Å². The summed E-state index contributed by atoms with van der Waals surface area (Å²) in [5.74, 6) is -10.0. The second-order valence-corrected chi connectivity index (χ2v) is 36.0. The molecule has 0 unspecified atom stereocenters. The monoisotopic (exact) mass is 1330 g/mol. The largest absolute Gasteiger partial charge is 0.411 e. The number of hydrogen-bond acceptors (Lipinski definition) is 12. The first-order chi connectivity index (χ1) is 42.6. The van der Waals surface area contributed by atoms with Crippen molar-refractivity contribution >= 4 is 72.9 Å². The zero-order valence-electron chi connectivity index (χ0n) is 63.5. The van der Waals surface area contributed by atoms with Gasteiger partial charge < -0.3 is 44.0 Å². The minimum Gasteiger partial charge on any atom is -0.411 e. The summed E-state index contributed by atoms with van der Waals surface area (Å²) in [6.07, 6.45) is 3.66. The molecule has 1 rings (SSSR count). The van der Waals surface area contributed by atoms with Crippen molar-refractivity contribution in [1.29, 1.82) is 0 Å². The number of carbonyl (C=O) groups is 11. The van der Waals surface area contributed by atoms with Gasteiger partial charge in [-0.2, -0.15) is 0 Å². The Hall–Kier alpha value is -5.31. The van der Waals surface area contributed by atoms with Crippen molar-refractivity contribution in [3.63, 3.8) is 0 Å². The van der Waals surface area contributed by atoms with E-state index in [0.29, 0.717) is 6.42 Å². The van der Waals surface area contributed by atoms with E-state index in [4.69, 9.17) is 4.43 Å². The van der Waals surface area contributed by atoms with E-state index in [1.54, 1.807) is 27.8 Å². The van der Waals surface area contributed by atoms with Crippen molar-refractivity contribution in [3.8, 4) is 0 Å². The number of nitrogens with zero attached hydrogens (tertiary/aromatic N) is 7. The lowest BCUT2D eigenvalue weighted by molar-refractivity contribution is -0.157. The third-order valence-corrected chi connectivity index (χ3v) is 24.2. The minimum absolute atomic E-state index is 0.0663. The van der Waals surface area contributed by atoms with Gasteiger partial charge in [-0.15, -0.1) is 0 Å². The first-order valence-corrected chi connectivity index (χ1v) is 37.5. The predicted octanol–water partition coefficient (Wildman–Crippen LogP) is 9.96. The molecule has 8 amide bonds. The molecular formula is C72H130N8O12Si. The SMILES string of the molecule is C/C=C/C[C@@H](C)[C@@H](O[Si](C)(C)C(C)(C)C)[C@@H]1C(=O)C[C@H](CC)C(=O)N(C)[C@H](C)C(=O)N(C)[C@@H](CC(C)C)C(=O)C[C@H](C(C)C)C(=O)N(C)[C@H](CC(C)C)C(=O)C[C@H](C)C(=O)N[C@@H](C)C(=O)N(C)[C@H](CC(C)C)C(=O)N(C)[C@H](CC(C)C)C(=O)N(C)[C@H](C(C)C)C(=O)N1C. The molecule has 0 aromatic rings. The van der Waals surface area contributed by atoms with E-state index in [9.17, 15) is 28.8 Å². The van der Waals surface area contributed by atoms with Crippen molar-refractivity contribution in [2.75, 3.05) is 49.3 Å². The molecule has 93 heavy (non-hydrogen) atoms. The maximum atomic E-state index is 15.8. The molecule has 0 aliphatic carbocycles. The van der Waals surface area contributed by atoms with E-state index in [2.05, 4.69) is 39.2 Å². The van der Waals surface area contributed by atoms with Gasteiger partial charge in [-0.25, -0.2) is 0 Å². The first kappa shape index (κ1) is 85.7. The van der Waals surface area contributed by atoms with Gasteiger partial charge in [-0.05, 0) is 119 Å². The number of nitrogens with one attached hydrogen (secondary N) is 1. The molecule has 0 radical (unpaired) electrons. The standard InChI is InChI=1S/C72H130N8O12Si/c1-31-33-34-48(15)63(92-93(29,30)72(19,20)21)62-60(83)40-52(32-2)67(87)74(22)51(18)66(86)75(23)55(36-43(5)6)59(82)41-53(46(11)12)68(88)76(24)54(35-42(3)4)58(81)39-49(16)64(84)73-50(17)65(85)77(25)56(37-44(7)8)69(89)78(26)57(38-45(9)10)70(90)79(27)61(47(13)14)71(91)80(62)28/h31,33,42-57,61-63H,32,34-41H2,1-30H3,(H,73,84)/b33-31+/t48-,49+,50+,51-,52+,53-,54-,55+,56-,57-,61-,62+,63-/m1/s1. The van der Waals surface area contributed by atoms with Gasteiger partial charge in [0.1, 0.15) is 36.3 Å². The van der Waals surface area contributed by atoms with E-state index in [1.165, 1.54) is 83.5 Å². The molecule has 1 fully saturated rings. The lowest BCUT2D eigenvalue weighted by Crippen LogP contribution is -2.63. The van der Waals surface area contributed by atoms with Gasteiger partial charge in [0.25, 0.3) is 0 Å². The Labute approximate surface area is 563 Å². The smallest absolute Gasteiger partial charge is 0.246 e. The number of allylic oxidation sites excluding steroid dienone is 2. The van der Waals surface area contributed by atoms with E-state index in [1.807, 2.05) is 109 Å². The number of Topliss-reactive ketones (excluding diaryl/α,β-unsaturated/α-hetero) is 3. The second-order valence-electron chi connectivity index (χ2n) is 31.3. The summed E-state index contributed by atoms with van der Waals surface area (Å²) in [5.41, 5.74) is 0. The van der Waals surface area contributed by atoms with Gasteiger partial charge in [-0.1, -0.05) is 137 Å². The Morgan fingerprint density at radius 2 is 0.903 bits per heavy atom. The van der Waals surface area contributed by atoms with Crippen LogP contribution in [-0.2, 0) is 57.2 Å². The van der Waals surface area contributed by atoms with Gasteiger partial charge in [0.2, 0.25) is 47.3 Å². The summed E-state index contributed by atoms with van der Waals surface area (Å²) < 4.78 is 7.32. The fraction of sp³-hybridized carbons (Fsp3) is 0.819. The first-order valence-electron chi connectivity index (χ1n) is 34.6. The molecule has 20 nitrogen and oxygen atoms in total. The highest BCUT2D eigenvalue weighted by Gasteiger charge is 2.49. The molecule has 0 aromatic carbocycles. The van der Waals surface area contributed by atoms with Crippen LogP contribution in [0, 0.1) is 59.2 Å². The molecule has 1 saturated heterocycles. The van der Waals surface area contributed by atoms with Crippen LogP contribution in [-0.4, -0.2) is 211 Å². The normalized spacial score (nSPS) is 27.1. The maximum absolute atomic E-state index is 15.8. The van der Waals surface area contributed by atoms with Crippen molar-refractivity contribution in [2.45, 2.75) is 276 Å². The Bertz CT molecular complexity index is 2580. The lowest BCUT2D eigenvalue weighted by atomic mass is 9.84. The molecule has 0 saturated carbocycles. The number of rotatable bonds is 17. The molecule has 0 spiro atoms. The number of amides is 8. The van der Waals surface area contributed by atoms with Crippen LogP contribution < -0.4 is 5.32 Å². The minimum atomic E-state index is -2.78. The van der Waals surface area contributed by atoms with Crippen LogP contribution in [0.1, 0.15) is 203 Å². The Morgan fingerprint density at radius 1 is 0.495 bits per heavy atom. The van der Waals surface area contributed by atoms with Crippen LogP contribution in [0.5, 0.6) is 0 Å². The molecule has 1 N–H and O–H groups in total. The number of likely N-dealkylation sites (N-methyl/N-ethyl adjacent to an activating group) is 7. The quantitative estimate of drug-likeness (QED) is 0.106. The number of ketones is 3. The van der Waals surface area contributed by atoms with Crippen LogP contribution in [0.2, 0.25) is 18.1 Å². The second kappa shape index (κ2) is 37.3. The Morgan fingerprint density at radius 3 is 1.32 bits per heavy atom. The third kappa shape index (κ3) is 23.5. The average molecular weight is 1330 g/mol. The van der Waals surface area contributed by atoms with Crippen molar-refractivity contribution < 1.29 is 57.2 Å². The van der Waals surface area contributed by atoms with Gasteiger partial charge in [-0.3, -0.25) is 52.7 Å². The number of hydrogen-bond donors (Lipinski definition) is 1. The topological polar surface area (TPSA) is 232 Å². The van der Waals surface area contributed by atoms with Crippen molar-refractivity contribution in [2.24, 2.45) is 59.2 Å². The molecular weight excluding hydrogens is 1200 g/mol. The number of carbonyl (C=O) groups excluding carboxylic acids is 11. The fourth-order valence-corrected chi connectivity index (χ4v) is 13.8. The van der Waals surface area contributed by atoms with Gasteiger partial charge in [0.15, 0.2) is 25.7 Å². The van der Waals surface area contributed by atoms with E-state index >= 15 is 24.0 Å². The summed E-state index contributed by atoms with van der Waals surface area (Å²) in [5, 5.41) is 2.43. The highest BCUT2D eigenvalue weighted by atomic mass is 28.4. The molecule has 21 heteroatoms. The Balaban J connectivity index is 4.61. The summed E-state index contributed by atoms with van der Waals surface area (Å²) in [7, 11) is 7.86. The zero-order valence-corrected chi connectivity index (χ0v) is 64.5. The molecule has 0 bridgehead atoms. The predicted molar refractivity (Wildman–Crippen MR) is 373 cm³/mol. The molecule has 534 valence electrons. The van der Waals surface area contributed by atoms with Crippen LogP contribution in [0.4, 0.5) is 0 Å². The van der Waals surface area contributed by atoms with E-state index in [-0.39, 0.29) is 103 Å². The molecule has 0 aromatic heterocycles. The highest BCUT2D eigenvalue weighted by molar-refractivity contribution is 6.74. The lowest BCUT2D eigenvalue weighted by Gasteiger charge is -2.46. The maximum Gasteiger partial charge on any atom is 0.246 e. The van der Waals surface area contributed by atoms with Gasteiger partial charge >= 0.3 is 0 Å². The summed E-state index contributed by atoms with van der Waals surface area (Å²) >= 11 is 0. The zero-order chi connectivity index (χ0) is 72.6. The van der Waals surface area contributed by atoms with Crippen LogP contribution >= 0.6 is 0 Å². The van der Waals surface area contributed by atoms with E-state index < -0.39 is 139 Å². The molecule has 1 heterocycles. The molecule has 1 aliphatic heterocycles. The highest BCUT2D eigenvalue weighted by Crippen LogP contribution is 2.40. The van der Waals surface area contributed by atoms with Crippen LogP contribution in [0.3, 0.4) is 0 Å².